The fourth-order valence-corrected chi connectivity index (χ4v) is 3.32. The van der Waals surface area contributed by atoms with Gasteiger partial charge >= 0.3 is 0 Å². The number of carbonyl (C=O) groups is 1. The first-order valence-electron chi connectivity index (χ1n) is 6.63. The summed E-state index contributed by atoms with van der Waals surface area (Å²) < 4.78 is 24.2. The fraction of sp³-hybridized carbons (Fsp3) is 0.500. The lowest BCUT2D eigenvalue weighted by atomic mass is 10.2. The van der Waals surface area contributed by atoms with Crippen LogP contribution in [0.15, 0.2) is 29.2 Å². The normalized spacial score (nSPS) is 11.3. The van der Waals surface area contributed by atoms with Crippen LogP contribution in [-0.4, -0.2) is 26.6 Å². The minimum Gasteiger partial charge on any atom is -0.352 e. The van der Waals surface area contributed by atoms with E-state index < -0.39 is 9.84 Å². The van der Waals surface area contributed by atoms with E-state index in [1.807, 2.05) is 13.8 Å². The van der Waals surface area contributed by atoms with Gasteiger partial charge in [-0.2, -0.15) is 0 Å². The molecule has 0 radical (unpaired) electrons. The van der Waals surface area contributed by atoms with Gasteiger partial charge in [-0.1, -0.05) is 32.4 Å². The zero-order valence-electron chi connectivity index (χ0n) is 11.5. The van der Waals surface area contributed by atoms with Crippen LogP contribution in [0.2, 0.25) is 0 Å². The summed E-state index contributed by atoms with van der Waals surface area (Å²) in [5.41, 5.74) is 0.243. The number of hydrogen-bond donors (Lipinski definition) is 1. The summed E-state index contributed by atoms with van der Waals surface area (Å²) in [6.07, 6.45) is 2.40. The maximum absolute atomic E-state index is 12.1. The zero-order chi connectivity index (χ0) is 14.3. The maximum atomic E-state index is 12.1. The summed E-state index contributed by atoms with van der Waals surface area (Å²) >= 11 is 0. The van der Waals surface area contributed by atoms with Crippen LogP contribution in [0.4, 0.5) is 0 Å². The number of carbonyl (C=O) groups excluding carboxylic acids is 1. The third-order valence-corrected chi connectivity index (χ3v) is 4.73. The van der Waals surface area contributed by atoms with Crippen LogP contribution < -0.4 is 5.32 Å². The molecule has 0 spiro atoms. The number of benzene rings is 1. The molecule has 0 aliphatic rings. The minimum absolute atomic E-state index is 0.0618. The largest absolute Gasteiger partial charge is 0.352 e. The lowest BCUT2D eigenvalue weighted by Gasteiger charge is -2.10. The highest BCUT2D eigenvalue weighted by Crippen LogP contribution is 2.17. The van der Waals surface area contributed by atoms with E-state index in [0.29, 0.717) is 13.0 Å². The molecule has 0 fully saturated rings. The van der Waals surface area contributed by atoms with Crippen molar-refractivity contribution in [2.24, 2.45) is 0 Å². The first-order valence-corrected chi connectivity index (χ1v) is 8.28. The minimum atomic E-state index is -3.38. The second-order valence-corrected chi connectivity index (χ2v) is 6.50. The third-order valence-electron chi connectivity index (χ3n) is 2.76. The summed E-state index contributed by atoms with van der Waals surface area (Å²) in [5.74, 6) is -0.254. The molecule has 1 amide bonds. The Balaban J connectivity index is 2.99. The molecule has 1 aromatic rings. The van der Waals surface area contributed by atoms with E-state index in [1.54, 1.807) is 18.2 Å². The molecule has 0 aliphatic carbocycles. The van der Waals surface area contributed by atoms with Gasteiger partial charge in [0.1, 0.15) is 0 Å². The molecule has 0 aliphatic heterocycles. The van der Waals surface area contributed by atoms with Crippen molar-refractivity contribution in [1.82, 2.24) is 5.32 Å². The smallest absolute Gasteiger partial charge is 0.252 e. The van der Waals surface area contributed by atoms with Gasteiger partial charge in [0.05, 0.1) is 16.2 Å². The van der Waals surface area contributed by atoms with Gasteiger partial charge < -0.3 is 5.32 Å². The summed E-state index contributed by atoms with van der Waals surface area (Å²) in [5, 5.41) is 2.75. The Morgan fingerprint density at radius 1 is 1.16 bits per heavy atom. The van der Waals surface area contributed by atoms with E-state index in [1.165, 1.54) is 6.07 Å². The van der Waals surface area contributed by atoms with Gasteiger partial charge in [-0.05, 0) is 25.0 Å². The predicted molar refractivity (Wildman–Crippen MR) is 76.0 cm³/mol. The Bertz CT molecular complexity index is 523. The van der Waals surface area contributed by atoms with Crippen LogP contribution in [0.5, 0.6) is 0 Å². The fourth-order valence-electron chi connectivity index (χ4n) is 1.78. The molecule has 0 unspecified atom stereocenters. The first-order chi connectivity index (χ1) is 9.03. The van der Waals surface area contributed by atoms with Crippen molar-refractivity contribution in [2.75, 3.05) is 12.3 Å². The van der Waals surface area contributed by atoms with Gasteiger partial charge in [-0.3, -0.25) is 4.79 Å². The quantitative estimate of drug-likeness (QED) is 0.782. The average molecular weight is 283 g/mol. The highest BCUT2D eigenvalue weighted by atomic mass is 32.2. The third kappa shape index (κ3) is 4.35. The molecule has 0 atom stereocenters. The average Bonchev–Trinajstić information content (AvgIpc) is 2.39. The van der Waals surface area contributed by atoms with Crippen LogP contribution in [0.3, 0.4) is 0 Å². The summed E-state index contributed by atoms with van der Waals surface area (Å²) in [4.78, 5) is 12.1. The van der Waals surface area contributed by atoms with E-state index in [4.69, 9.17) is 0 Å². The van der Waals surface area contributed by atoms with Crippen LogP contribution in [0, 0.1) is 0 Å². The molecule has 0 aromatic heterocycles. The molecule has 1 aromatic carbocycles. The molecule has 19 heavy (non-hydrogen) atoms. The Morgan fingerprint density at radius 3 is 2.47 bits per heavy atom. The Morgan fingerprint density at radius 2 is 1.84 bits per heavy atom. The Kier molecular flexibility index (Phi) is 6.02. The summed E-state index contributed by atoms with van der Waals surface area (Å²) in [7, 11) is -3.38. The molecule has 1 N–H and O–H groups in total. The molecule has 0 saturated carbocycles. The molecule has 0 heterocycles. The van der Waals surface area contributed by atoms with Gasteiger partial charge in [-0.15, -0.1) is 0 Å². The summed E-state index contributed by atoms with van der Waals surface area (Å²) in [6, 6.07) is 6.38. The maximum Gasteiger partial charge on any atom is 0.252 e. The van der Waals surface area contributed by atoms with Crippen molar-refractivity contribution in [3.8, 4) is 0 Å². The van der Waals surface area contributed by atoms with E-state index in [2.05, 4.69) is 5.32 Å². The Hall–Kier alpha value is -1.36. The number of hydrogen-bond acceptors (Lipinski definition) is 3. The highest BCUT2D eigenvalue weighted by Gasteiger charge is 2.20. The van der Waals surface area contributed by atoms with Crippen LogP contribution in [0.25, 0.3) is 0 Å². The topological polar surface area (TPSA) is 63.2 Å². The monoisotopic (exact) mass is 283 g/mol. The first kappa shape index (κ1) is 15.7. The number of rotatable bonds is 7. The van der Waals surface area contributed by atoms with Gasteiger partial charge in [0.2, 0.25) is 0 Å². The van der Waals surface area contributed by atoms with Crippen molar-refractivity contribution in [1.29, 1.82) is 0 Å². The van der Waals surface area contributed by atoms with E-state index in [9.17, 15) is 13.2 Å². The molecular formula is C14H21NO3S. The second-order valence-electron chi connectivity index (χ2n) is 4.42. The number of unbranched alkanes of at least 4 members (excludes halogenated alkanes) is 1. The molecule has 1 rings (SSSR count). The van der Waals surface area contributed by atoms with Crippen molar-refractivity contribution >= 4 is 15.7 Å². The molecule has 0 bridgehead atoms. The van der Waals surface area contributed by atoms with E-state index >= 15 is 0 Å². The zero-order valence-corrected chi connectivity index (χ0v) is 12.3. The van der Waals surface area contributed by atoms with Gasteiger partial charge in [0.15, 0.2) is 9.84 Å². The number of sulfone groups is 1. The SMILES string of the molecule is CCCCNC(=O)c1ccccc1S(=O)(=O)CCC. The van der Waals surface area contributed by atoms with Crippen LogP contribution in [-0.2, 0) is 9.84 Å². The summed E-state index contributed by atoms with van der Waals surface area (Å²) in [6.45, 7) is 4.41. The van der Waals surface area contributed by atoms with Crippen molar-refractivity contribution in [2.45, 2.75) is 38.0 Å². The van der Waals surface area contributed by atoms with Crippen LogP contribution in [0.1, 0.15) is 43.5 Å². The van der Waals surface area contributed by atoms with E-state index in [-0.39, 0.29) is 22.1 Å². The van der Waals surface area contributed by atoms with Crippen LogP contribution >= 0.6 is 0 Å². The van der Waals surface area contributed by atoms with E-state index in [0.717, 1.165) is 12.8 Å². The van der Waals surface area contributed by atoms with Gasteiger partial charge in [0, 0.05) is 6.54 Å². The molecule has 0 saturated heterocycles. The predicted octanol–water partition coefficient (Wildman–Crippen LogP) is 2.40. The lowest BCUT2D eigenvalue weighted by molar-refractivity contribution is 0.0950. The molecule has 4 nitrogen and oxygen atoms in total. The lowest BCUT2D eigenvalue weighted by Crippen LogP contribution is -2.26. The molecular weight excluding hydrogens is 262 g/mol. The van der Waals surface area contributed by atoms with Crippen molar-refractivity contribution in [3.63, 3.8) is 0 Å². The number of nitrogens with one attached hydrogen (secondary N) is 1. The Labute approximate surface area is 115 Å². The standard InChI is InChI=1S/C14H21NO3S/c1-3-5-10-15-14(16)12-8-6-7-9-13(12)19(17,18)11-4-2/h6-9H,3-5,10-11H2,1-2H3,(H,15,16). The van der Waals surface area contributed by atoms with Crippen molar-refractivity contribution < 1.29 is 13.2 Å². The second kappa shape index (κ2) is 7.28. The highest BCUT2D eigenvalue weighted by molar-refractivity contribution is 7.91. The van der Waals surface area contributed by atoms with Gasteiger partial charge in [-0.25, -0.2) is 8.42 Å². The van der Waals surface area contributed by atoms with Gasteiger partial charge in [0.25, 0.3) is 5.91 Å². The molecule has 5 heteroatoms. The number of amides is 1. The van der Waals surface area contributed by atoms with Crippen molar-refractivity contribution in [3.05, 3.63) is 29.8 Å². The molecule has 106 valence electrons.